The summed E-state index contributed by atoms with van der Waals surface area (Å²) in [6, 6.07) is 0. The third-order valence-corrected chi connectivity index (χ3v) is 2.64. The van der Waals surface area contributed by atoms with Crippen LogP contribution in [0.4, 0.5) is 0 Å². The van der Waals surface area contributed by atoms with Crippen molar-refractivity contribution < 1.29 is 18.9 Å². The third-order valence-electron chi connectivity index (χ3n) is 2.64. The molecule has 4 nitrogen and oxygen atoms in total. The molecule has 2 unspecified atom stereocenters. The lowest BCUT2D eigenvalue weighted by atomic mass is 10.2. The normalized spacial score (nSPS) is 23.4. The molecule has 18 heavy (non-hydrogen) atoms. The quantitative estimate of drug-likeness (QED) is 0.681. The first-order valence-electron chi connectivity index (χ1n) is 6.45. The number of methoxy groups -OCH3 is 1. The van der Waals surface area contributed by atoms with Crippen LogP contribution in [0.25, 0.3) is 0 Å². The smallest absolute Gasteiger partial charge is 0.163 e. The molecule has 0 aromatic heterocycles. The van der Waals surface area contributed by atoms with E-state index < -0.39 is 5.79 Å². The molecule has 0 amide bonds. The predicted molar refractivity (Wildman–Crippen MR) is 69.2 cm³/mol. The molecule has 1 saturated heterocycles. The van der Waals surface area contributed by atoms with E-state index >= 15 is 0 Å². The minimum Gasteiger partial charge on any atom is -0.378 e. The molecule has 104 valence electrons. The minimum absolute atomic E-state index is 0.0132. The first-order chi connectivity index (χ1) is 8.57. The molecule has 1 aliphatic heterocycles. The van der Waals surface area contributed by atoms with Gasteiger partial charge in [-0.05, 0) is 13.8 Å². The van der Waals surface area contributed by atoms with Crippen molar-refractivity contribution in [2.75, 3.05) is 26.9 Å². The SMILES string of the molecule is CCC#CCC(COCC1COC(C)(C)O1)OC. The lowest BCUT2D eigenvalue weighted by Gasteiger charge is -2.18. The van der Waals surface area contributed by atoms with Gasteiger partial charge in [-0.25, -0.2) is 0 Å². The molecule has 1 fully saturated rings. The van der Waals surface area contributed by atoms with E-state index in [0.29, 0.717) is 26.2 Å². The summed E-state index contributed by atoms with van der Waals surface area (Å²) in [6.07, 6.45) is 1.62. The lowest BCUT2D eigenvalue weighted by molar-refractivity contribution is -0.146. The molecule has 1 heterocycles. The van der Waals surface area contributed by atoms with E-state index in [9.17, 15) is 0 Å². The second-order valence-corrected chi connectivity index (χ2v) is 4.76. The van der Waals surface area contributed by atoms with Gasteiger partial charge in [-0.15, -0.1) is 11.8 Å². The van der Waals surface area contributed by atoms with E-state index in [2.05, 4.69) is 11.8 Å². The van der Waals surface area contributed by atoms with Crippen molar-refractivity contribution >= 4 is 0 Å². The second-order valence-electron chi connectivity index (χ2n) is 4.76. The number of ether oxygens (including phenoxy) is 4. The van der Waals surface area contributed by atoms with Crippen molar-refractivity contribution in [3.05, 3.63) is 0 Å². The Morgan fingerprint density at radius 2 is 2.17 bits per heavy atom. The highest BCUT2D eigenvalue weighted by Crippen LogP contribution is 2.22. The van der Waals surface area contributed by atoms with Crippen LogP contribution in [-0.2, 0) is 18.9 Å². The molecular weight excluding hydrogens is 232 g/mol. The van der Waals surface area contributed by atoms with Gasteiger partial charge in [-0.2, -0.15) is 0 Å². The van der Waals surface area contributed by atoms with Crippen LogP contribution in [0.15, 0.2) is 0 Å². The fourth-order valence-electron chi connectivity index (χ4n) is 1.70. The van der Waals surface area contributed by atoms with Crippen molar-refractivity contribution in [2.45, 2.75) is 51.6 Å². The van der Waals surface area contributed by atoms with Gasteiger partial charge in [0.15, 0.2) is 5.79 Å². The van der Waals surface area contributed by atoms with Crippen LogP contribution >= 0.6 is 0 Å². The number of hydrogen-bond acceptors (Lipinski definition) is 4. The molecule has 0 spiro atoms. The van der Waals surface area contributed by atoms with Gasteiger partial charge < -0.3 is 18.9 Å². The van der Waals surface area contributed by atoms with Crippen LogP contribution in [0.5, 0.6) is 0 Å². The Bertz CT molecular complexity index is 290. The molecule has 0 aromatic carbocycles. The van der Waals surface area contributed by atoms with Crippen LogP contribution in [-0.4, -0.2) is 44.9 Å². The van der Waals surface area contributed by atoms with E-state index in [1.165, 1.54) is 0 Å². The van der Waals surface area contributed by atoms with Crippen LogP contribution < -0.4 is 0 Å². The van der Waals surface area contributed by atoms with Crippen LogP contribution in [0, 0.1) is 11.8 Å². The summed E-state index contributed by atoms with van der Waals surface area (Å²) in [5.41, 5.74) is 0. The maximum atomic E-state index is 5.65. The Labute approximate surface area is 110 Å². The molecule has 4 heteroatoms. The number of rotatable bonds is 6. The number of hydrogen-bond donors (Lipinski definition) is 0. The molecule has 1 rings (SSSR count). The standard InChI is InChI=1S/C14H24O4/c1-5-6-7-8-12(15-4)9-16-10-13-11-17-14(2,3)18-13/h12-13H,5,8-11H2,1-4H3. The maximum absolute atomic E-state index is 5.65. The highest BCUT2D eigenvalue weighted by molar-refractivity contribution is 4.99. The monoisotopic (exact) mass is 256 g/mol. The highest BCUT2D eigenvalue weighted by atomic mass is 16.7. The average Bonchev–Trinajstić information content (AvgIpc) is 2.67. The highest BCUT2D eigenvalue weighted by Gasteiger charge is 2.32. The molecule has 0 aliphatic carbocycles. The fraction of sp³-hybridized carbons (Fsp3) is 0.857. The molecule has 1 aliphatic rings. The van der Waals surface area contributed by atoms with E-state index in [4.69, 9.17) is 18.9 Å². The molecule has 0 bridgehead atoms. The van der Waals surface area contributed by atoms with Crippen LogP contribution in [0.1, 0.15) is 33.6 Å². The average molecular weight is 256 g/mol. The maximum Gasteiger partial charge on any atom is 0.163 e. The van der Waals surface area contributed by atoms with Crippen molar-refractivity contribution in [1.82, 2.24) is 0 Å². The molecular formula is C14H24O4. The largest absolute Gasteiger partial charge is 0.378 e. The first kappa shape index (κ1) is 15.5. The van der Waals surface area contributed by atoms with Crippen molar-refractivity contribution in [3.8, 4) is 11.8 Å². The van der Waals surface area contributed by atoms with E-state index in [1.807, 2.05) is 20.8 Å². The Balaban J connectivity index is 2.16. The molecule has 0 radical (unpaired) electrons. The molecule has 0 saturated carbocycles. The van der Waals surface area contributed by atoms with Gasteiger partial charge in [-0.3, -0.25) is 0 Å². The van der Waals surface area contributed by atoms with Gasteiger partial charge in [0.05, 0.1) is 25.9 Å². The zero-order chi connectivity index (χ0) is 13.4. The van der Waals surface area contributed by atoms with Gasteiger partial charge in [-0.1, -0.05) is 6.92 Å². The summed E-state index contributed by atoms with van der Waals surface area (Å²) in [4.78, 5) is 0. The molecule has 0 aromatic rings. The molecule has 2 atom stereocenters. The van der Waals surface area contributed by atoms with E-state index in [1.54, 1.807) is 7.11 Å². The Hall–Kier alpha value is -0.600. The van der Waals surface area contributed by atoms with Gasteiger partial charge >= 0.3 is 0 Å². The summed E-state index contributed by atoms with van der Waals surface area (Å²) in [6.45, 7) is 7.50. The summed E-state index contributed by atoms with van der Waals surface area (Å²) >= 11 is 0. The van der Waals surface area contributed by atoms with Crippen LogP contribution in [0.3, 0.4) is 0 Å². The van der Waals surface area contributed by atoms with Gasteiger partial charge in [0.1, 0.15) is 6.10 Å². The van der Waals surface area contributed by atoms with Gasteiger partial charge in [0.2, 0.25) is 0 Å². The minimum atomic E-state index is -0.485. The Kier molecular flexibility index (Phi) is 6.66. The lowest BCUT2D eigenvalue weighted by Crippen LogP contribution is -2.26. The predicted octanol–water partition coefficient (Wildman–Crippen LogP) is 1.97. The summed E-state index contributed by atoms with van der Waals surface area (Å²) in [5, 5.41) is 0. The zero-order valence-corrected chi connectivity index (χ0v) is 11.8. The fourth-order valence-corrected chi connectivity index (χ4v) is 1.70. The summed E-state index contributed by atoms with van der Waals surface area (Å²) in [7, 11) is 1.68. The molecule has 0 N–H and O–H groups in total. The topological polar surface area (TPSA) is 36.9 Å². The zero-order valence-electron chi connectivity index (χ0n) is 11.8. The summed E-state index contributed by atoms with van der Waals surface area (Å²) in [5.74, 6) is 5.61. The van der Waals surface area contributed by atoms with E-state index in [-0.39, 0.29) is 12.2 Å². The second kappa shape index (κ2) is 7.75. The van der Waals surface area contributed by atoms with Crippen molar-refractivity contribution in [3.63, 3.8) is 0 Å². The van der Waals surface area contributed by atoms with E-state index in [0.717, 1.165) is 6.42 Å². The summed E-state index contributed by atoms with van der Waals surface area (Å²) < 4.78 is 22.0. The Morgan fingerprint density at radius 3 is 2.72 bits per heavy atom. The van der Waals surface area contributed by atoms with Crippen molar-refractivity contribution in [1.29, 1.82) is 0 Å². The third kappa shape index (κ3) is 5.83. The first-order valence-corrected chi connectivity index (χ1v) is 6.45. The van der Waals surface area contributed by atoms with Crippen molar-refractivity contribution in [2.24, 2.45) is 0 Å². The van der Waals surface area contributed by atoms with Gasteiger partial charge in [0.25, 0.3) is 0 Å². The van der Waals surface area contributed by atoms with Gasteiger partial charge in [0, 0.05) is 20.0 Å². The van der Waals surface area contributed by atoms with Crippen LogP contribution in [0.2, 0.25) is 0 Å². The Morgan fingerprint density at radius 1 is 1.39 bits per heavy atom.